The maximum absolute atomic E-state index is 16.8. The molecule has 1 aliphatic heterocycles. The van der Waals surface area contributed by atoms with Crippen molar-refractivity contribution in [3.05, 3.63) is 229 Å². The number of alkyl carbamates (subject to hydrolysis) is 1. The van der Waals surface area contributed by atoms with Crippen molar-refractivity contribution in [3.63, 3.8) is 0 Å². The predicted molar refractivity (Wildman–Crippen MR) is 399 cm³/mol. The van der Waals surface area contributed by atoms with Crippen molar-refractivity contribution in [2.45, 2.75) is 231 Å². The number of ether oxygens (including phenoxy) is 7. The lowest BCUT2D eigenvalue weighted by Gasteiger charge is -2.79. The molecule has 3 unspecified atom stereocenters. The molecule has 0 spiro atoms. The van der Waals surface area contributed by atoms with Gasteiger partial charge in [0.05, 0.1) is 35.0 Å². The monoisotopic (exact) mass is 1410 g/mol. The highest BCUT2D eigenvalue weighted by molar-refractivity contribution is 6.03. The van der Waals surface area contributed by atoms with E-state index in [4.69, 9.17) is 33.2 Å². The number of rotatable bonds is 38. The molecule has 554 valence electrons. The van der Waals surface area contributed by atoms with Crippen LogP contribution in [-0.2, 0) is 57.1 Å². The van der Waals surface area contributed by atoms with Gasteiger partial charge in [0.15, 0.2) is 17.5 Å². The summed E-state index contributed by atoms with van der Waals surface area (Å²) in [4.78, 5) is 103. The van der Waals surface area contributed by atoms with E-state index in [9.17, 15) is 39.0 Å². The molecule has 3 N–H and O–H groups in total. The van der Waals surface area contributed by atoms with Crippen molar-refractivity contribution >= 4 is 41.7 Å². The number of nitrogens with one attached hydrogen (secondary N) is 1. The van der Waals surface area contributed by atoms with E-state index in [2.05, 4.69) is 129 Å². The molecule has 4 fully saturated rings. The lowest BCUT2D eigenvalue weighted by Crippen LogP contribution is -2.91. The second-order valence-electron chi connectivity index (χ2n) is 28.2. The molecule has 2 aromatic rings. The summed E-state index contributed by atoms with van der Waals surface area (Å²) in [5.41, 5.74) is -11.0. The third-order valence-corrected chi connectivity index (χ3v) is 19.9. The summed E-state index contributed by atoms with van der Waals surface area (Å²) in [6.07, 6.45) is 51.9. The first-order valence-electron chi connectivity index (χ1n) is 36.7. The van der Waals surface area contributed by atoms with Gasteiger partial charge >= 0.3 is 35.9 Å². The quantitative estimate of drug-likeness (QED) is 0.0322. The van der Waals surface area contributed by atoms with Crippen molar-refractivity contribution in [1.29, 1.82) is 0 Å². The van der Waals surface area contributed by atoms with Crippen LogP contribution < -0.4 is 5.32 Å². The maximum atomic E-state index is 16.8. The molecule has 3 saturated carbocycles. The number of amides is 1. The third-order valence-electron chi connectivity index (χ3n) is 19.9. The average molecular weight is 1410 g/mol. The minimum Gasteiger partial charge on any atom is -0.461 e. The molecule has 17 nitrogen and oxygen atoms in total. The number of allylic oxidation sites excluding steroid dienone is 25. The van der Waals surface area contributed by atoms with Gasteiger partial charge in [0.2, 0.25) is 5.78 Å². The van der Waals surface area contributed by atoms with Crippen LogP contribution in [0.3, 0.4) is 0 Å². The molecule has 103 heavy (non-hydrogen) atoms. The van der Waals surface area contributed by atoms with Crippen molar-refractivity contribution in [1.82, 2.24) is 5.32 Å². The Bertz CT molecular complexity index is 3610. The number of ketones is 1. The molecule has 4 aliphatic carbocycles. The topological polar surface area (TPSA) is 237 Å². The molecule has 1 saturated heterocycles. The van der Waals surface area contributed by atoms with Crippen LogP contribution in [0.4, 0.5) is 4.79 Å². The number of carbonyl (C=O) groups excluding carboxylic acids is 7. The van der Waals surface area contributed by atoms with Gasteiger partial charge in [-0.1, -0.05) is 215 Å². The first-order chi connectivity index (χ1) is 49.5. The smallest absolute Gasteiger partial charge is 0.408 e. The fourth-order valence-electron chi connectivity index (χ4n) is 14.8. The third kappa shape index (κ3) is 20.6. The zero-order chi connectivity index (χ0) is 74.5. The number of hydrogen-bond donors (Lipinski definition) is 3. The van der Waals surface area contributed by atoms with E-state index >= 15 is 4.79 Å². The number of carbonyl (C=O) groups is 7. The fourth-order valence-corrected chi connectivity index (χ4v) is 14.8. The van der Waals surface area contributed by atoms with Gasteiger partial charge in [-0.3, -0.25) is 19.2 Å². The van der Waals surface area contributed by atoms with Gasteiger partial charge in [0.1, 0.15) is 35.1 Å². The Morgan fingerprint density at radius 2 is 1.07 bits per heavy atom. The number of fused-ring (bicyclic) bond motifs is 3. The Balaban J connectivity index is 1.19. The minimum absolute atomic E-state index is 0.0130. The number of Topliss-reactive ketones (excluding diaryl/α,β-unsaturated/α-hetero) is 1. The predicted octanol–water partition coefficient (Wildman–Crippen LogP) is 16.9. The van der Waals surface area contributed by atoms with Crippen LogP contribution in [0.2, 0.25) is 0 Å². The molecule has 12 atom stereocenters. The first kappa shape index (κ1) is 81.5. The first-order valence-corrected chi connectivity index (χ1v) is 36.7. The summed E-state index contributed by atoms with van der Waals surface area (Å²) in [5.74, 6) is -8.73. The molecule has 17 heteroatoms. The largest absolute Gasteiger partial charge is 0.461 e. The normalized spacial score (nSPS) is 26.8. The Labute approximate surface area is 610 Å². The standard InChI is InChI=1S/C86H109NO16/c1-10-12-14-16-18-20-22-24-26-28-30-32-34-36-38-40-42-44-52-58-69(89)98-67-60-68-84(62-97-68,101-64(4)88)75-77(100-78(93)66-56-50-47-51-57-66)85(96)61-86(102-79(94)73(91)72(65-54-48-46-49-55-65)87-80(95)103-81(5,6)7)63(3)71(83(85,86)9)74(76(92)82(67,75)8)99-70(90)59-53-45-43-41-39-37-35-33-31-29-27-25-23-21-19-17-15-13-11-2/h12-15,18-21,24-27,30-33,36-39,42-51,54-57,63,67-68,72-73,75,77,91,96H,10-11,16-17,22-23,28-29,34-35,40-41,52-53,58-62H2,1-9H3,(H,87,95)/t63?,67-,68+,72?,73+,75-,77-,82+,83+,84-,85+,86?/m0/s1. The lowest BCUT2D eigenvalue weighted by atomic mass is 9.28. The Morgan fingerprint density at radius 3 is 1.50 bits per heavy atom. The van der Waals surface area contributed by atoms with Crippen LogP contribution in [0.1, 0.15) is 200 Å². The molecule has 7 rings (SSSR count). The molecule has 2 aromatic carbocycles. The van der Waals surface area contributed by atoms with Gasteiger partial charge in [0, 0.05) is 38.5 Å². The lowest BCUT2D eigenvalue weighted by molar-refractivity contribution is -0.396. The highest BCUT2D eigenvalue weighted by Gasteiger charge is 2.91. The van der Waals surface area contributed by atoms with Crippen LogP contribution in [0.25, 0.3) is 0 Å². The average Bonchev–Trinajstić information content (AvgIpc) is 0.620. The summed E-state index contributed by atoms with van der Waals surface area (Å²) in [5, 5.41) is 29.0. The van der Waals surface area contributed by atoms with Crippen LogP contribution in [0.5, 0.6) is 0 Å². The van der Waals surface area contributed by atoms with Gasteiger partial charge in [-0.05, 0) is 148 Å². The van der Waals surface area contributed by atoms with Crippen molar-refractivity contribution in [2.24, 2.45) is 22.7 Å². The Morgan fingerprint density at radius 1 is 0.621 bits per heavy atom. The molecule has 1 amide bonds. The van der Waals surface area contributed by atoms with Crippen LogP contribution in [-0.4, -0.2) is 105 Å². The second-order valence-corrected chi connectivity index (χ2v) is 28.2. The van der Waals surface area contributed by atoms with Gasteiger partial charge in [0.25, 0.3) is 0 Å². The van der Waals surface area contributed by atoms with E-state index in [1.807, 2.05) is 36.5 Å². The molecule has 0 radical (unpaired) electrons. The number of benzene rings is 2. The zero-order valence-corrected chi connectivity index (χ0v) is 61.7. The van der Waals surface area contributed by atoms with Gasteiger partial charge < -0.3 is 48.7 Å². The van der Waals surface area contributed by atoms with E-state index in [-0.39, 0.29) is 49.8 Å². The van der Waals surface area contributed by atoms with Crippen LogP contribution >= 0.6 is 0 Å². The molecule has 1 heterocycles. The van der Waals surface area contributed by atoms with Gasteiger partial charge in [-0.2, -0.15) is 0 Å². The number of aliphatic hydroxyl groups excluding tert-OH is 1. The SMILES string of the molecule is CCC=CCC=CCC=CCC=CCC=CCC=CCCC(=O)OC1=C2C(C)C3(OC(=O)[C@H](O)C(NC(=O)OC(C)(C)C)c4ccccc4)C[C@@](O)([C@@H](OC(=O)c4ccccc4)[C@@H]4[C@]5(OC(C)=O)CO[C@@H]5C[C@H](OC(=O)CCC=CCC=CCC=CCC=CCC=CCC=CCC)[C@@]4(C)C1=O)[C@@]23C. The number of aliphatic hydroxyl groups is 2. The molecule has 0 bridgehead atoms. The molecular weight excluding hydrogens is 1300 g/mol. The van der Waals surface area contributed by atoms with Gasteiger partial charge in [-0.25, -0.2) is 14.4 Å². The van der Waals surface area contributed by atoms with Crippen molar-refractivity contribution < 1.29 is 76.9 Å². The highest BCUT2D eigenvalue weighted by atomic mass is 16.6. The van der Waals surface area contributed by atoms with Crippen LogP contribution in [0, 0.1) is 22.7 Å². The van der Waals surface area contributed by atoms with Crippen molar-refractivity contribution in [2.75, 3.05) is 6.61 Å². The van der Waals surface area contributed by atoms with Gasteiger partial charge in [-0.15, -0.1) is 0 Å². The molecule has 5 aliphatic rings. The molecule has 0 aromatic heterocycles. The van der Waals surface area contributed by atoms with E-state index < -0.39 is 129 Å². The summed E-state index contributed by atoms with van der Waals surface area (Å²) < 4.78 is 44.2. The summed E-state index contributed by atoms with van der Waals surface area (Å²) in [7, 11) is 0. The van der Waals surface area contributed by atoms with E-state index in [0.29, 0.717) is 18.4 Å². The van der Waals surface area contributed by atoms with Crippen LogP contribution in [0.15, 0.2) is 218 Å². The molecular formula is C86H109NO16. The summed E-state index contributed by atoms with van der Waals surface area (Å²) in [6.45, 7) is 14.6. The maximum Gasteiger partial charge on any atom is 0.408 e. The fraction of sp³-hybridized carbons (Fsp3) is 0.477. The number of esters is 5. The second kappa shape index (κ2) is 39.2. The van der Waals surface area contributed by atoms with E-state index in [0.717, 1.165) is 64.2 Å². The van der Waals surface area contributed by atoms with E-state index in [1.54, 1.807) is 76.2 Å². The summed E-state index contributed by atoms with van der Waals surface area (Å²) >= 11 is 0. The number of hydrogen-bond acceptors (Lipinski definition) is 16. The van der Waals surface area contributed by atoms with Crippen molar-refractivity contribution in [3.8, 4) is 0 Å². The Hall–Kier alpha value is -8.77. The Kier molecular flexibility index (Phi) is 31.0. The zero-order valence-electron chi connectivity index (χ0n) is 61.7. The summed E-state index contributed by atoms with van der Waals surface area (Å²) in [6, 6.07) is 14.7. The minimum atomic E-state index is -2.43. The highest BCUT2D eigenvalue weighted by Crippen LogP contribution is 2.80. The van der Waals surface area contributed by atoms with E-state index in [1.165, 1.54) is 32.9 Å².